The average molecular weight is 474 g/mol. The molecule has 0 radical (unpaired) electrons. The molecule has 0 aliphatic carbocycles. The van der Waals surface area contributed by atoms with E-state index >= 15 is 0 Å². The number of fused-ring (bicyclic) bond motifs is 1. The van der Waals surface area contributed by atoms with Crippen LogP contribution in [0.4, 0.5) is 5.69 Å². The summed E-state index contributed by atoms with van der Waals surface area (Å²) in [4.78, 5) is 40.2. The lowest BCUT2D eigenvalue weighted by molar-refractivity contribution is -0.385. The number of nitro benzene ring substituents is 1. The van der Waals surface area contributed by atoms with E-state index in [4.69, 9.17) is 14.2 Å². The number of carbonyl (C=O) groups excluding carboxylic acids is 1. The zero-order valence-electron chi connectivity index (χ0n) is 18.2. The molecule has 11 heteroatoms. The number of hydrogen-bond donors (Lipinski definition) is 0. The number of thioether (sulfide) groups is 1. The molecule has 0 atom stereocenters. The van der Waals surface area contributed by atoms with Gasteiger partial charge in [-0.3, -0.25) is 19.5 Å². The van der Waals surface area contributed by atoms with Gasteiger partial charge in [0.1, 0.15) is 0 Å². The van der Waals surface area contributed by atoms with Crippen LogP contribution in [0, 0.1) is 10.1 Å². The van der Waals surface area contributed by atoms with Crippen molar-refractivity contribution in [1.82, 2.24) is 9.55 Å². The molecular weight excluding hydrogens is 450 g/mol. The molecule has 0 aliphatic heterocycles. The molecule has 0 unspecified atom stereocenters. The third kappa shape index (κ3) is 5.88. The van der Waals surface area contributed by atoms with Crippen LogP contribution in [0.5, 0.6) is 5.75 Å². The largest absolute Gasteiger partial charge is 0.486 e. The summed E-state index contributed by atoms with van der Waals surface area (Å²) in [7, 11) is 2.87. The fourth-order valence-electron chi connectivity index (χ4n) is 3.13. The minimum absolute atomic E-state index is 0.113. The Kier molecular flexibility index (Phi) is 8.39. The van der Waals surface area contributed by atoms with Crippen LogP contribution < -0.4 is 10.3 Å². The van der Waals surface area contributed by atoms with Gasteiger partial charge in [0.15, 0.2) is 10.9 Å². The van der Waals surface area contributed by atoms with Crippen molar-refractivity contribution in [3.63, 3.8) is 0 Å². The number of benzene rings is 2. The number of esters is 1. The first-order valence-corrected chi connectivity index (χ1v) is 11.1. The van der Waals surface area contributed by atoms with Gasteiger partial charge in [-0.2, -0.15) is 0 Å². The molecule has 0 aliphatic rings. The zero-order valence-corrected chi connectivity index (χ0v) is 19.0. The lowest BCUT2D eigenvalue weighted by atomic mass is 10.1. The highest BCUT2D eigenvalue weighted by molar-refractivity contribution is 7.99. The Morgan fingerprint density at radius 1 is 1.18 bits per heavy atom. The van der Waals surface area contributed by atoms with Gasteiger partial charge >= 0.3 is 11.7 Å². The fourth-order valence-corrected chi connectivity index (χ4v) is 3.98. The Morgan fingerprint density at radius 3 is 2.70 bits per heavy atom. The highest BCUT2D eigenvalue weighted by Crippen LogP contribution is 2.26. The molecular formula is C22H23N3O7S. The second kappa shape index (κ2) is 11.4. The summed E-state index contributed by atoms with van der Waals surface area (Å²) in [5, 5.41) is 12.0. The van der Waals surface area contributed by atoms with Gasteiger partial charge in [0.05, 0.1) is 35.1 Å². The Hall–Kier alpha value is -3.44. The van der Waals surface area contributed by atoms with Crippen molar-refractivity contribution in [3.8, 4) is 5.75 Å². The average Bonchev–Trinajstić information content (AvgIpc) is 2.82. The van der Waals surface area contributed by atoms with E-state index in [0.717, 1.165) is 0 Å². The first-order valence-electron chi connectivity index (χ1n) is 10.1. The third-order valence-electron chi connectivity index (χ3n) is 4.71. The molecule has 0 spiro atoms. The van der Waals surface area contributed by atoms with Crippen LogP contribution in [-0.4, -0.2) is 53.6 Å². The fraction of sp³-hybridized carbons (Fsp3) is 0.318. The van der Waals surface area contributed by atoms with Crippen molar-refractivity contribution < 1.29 is 23.9 Å². The molecule has 0 N–H and O–H groups in total. The quantitative estimate of drug-likeness (QED) is 0.103. The molecule has 0 bridgehead atoms. The first-order chi connectivity index (χ1) is 16.0. The first kappa shape index (κ1) is 24.2. The molecule has 0 saturated heterocycles. The van der Waals surface area contributed by atoms with Crippen molar-refractivity contribution in [3.05, 3.63) is 68.5 Å². The van der Waals surface area contributed by atoms with Gasteiger partial charge in [0.2, 0.25) is 0 Å². The summed E-state index contributed by atoms with van der Waals surface area (Å²) < 4.78 is 17.0. The van der Waals surface area contributed by atoms with E-state index in [1.807, 2.05) is 0 Å². The van der Waals surface area contributed by atoms with E-state index in [0.29, 0.717) is 46.9 Å². The smallest absolute Gasteiger partial charge is 0.337 e. The number of carbonyl (C=O) groups is 1. The molecule has 0 fully saturated rings. The number of nitro groups is 1. The lowest BCUT2D eigenvalue weighted by Gasteiger charge is -2.13. The van der Waals surface area contributed by atoms with Gasteiger partial charge in [-0.1, -0.05) is 23.9 Å². The van der Waals surface area contributed by atoms with E-state index in [-0.39, 0.29) is 23.6 Å². The Labute approximate surface area is 193 Å². The molecule has 3 aromatic rings. The molecule has 0 saturated carbocycles. The predicted octanol–water partition coefficient (Wildman–Crippen LogP) is 3.30. The second-order valence-electron chi connectivity index (χ2n) is 6.84. The predicted molar refractivity (Wildman–Crippen MR) is 123 cm³/mol. The van der Waals surface area contributed by atoms with Gasteiger partial charge in [0, 0.05) is 32.1 Å². The Morgan fingerprint density at radius 2 is 1.97 bits per heavy atom. The Balaban J connectivity index is 1.84. The number of nitrogens with zero attached hydrogens (tertiary/aromatic N) is 3. The maximum absolute atomic E-state index is 13.1. The number of methoxy groups -OCH3 is 2. The molecule has 1 heterocycles. The van der Waals surface area contributed by atoms with Crippen molar-refractivity contribution in [1.29, 1.82) is 0 Å². The molecule has 174 valence electrons. The third-order valence-corrected chi connectivity index (χ3v) is 5.65. The standard InChI is InChI=1S/C22H23N3O7S/c1-30-11-5-10-24-20(26)16-9-8-15(21(27)31-2)14-17(16)23-22(24)33-13-12-32-19-7-4-3-6-18(19)25(28)29/h3-4,6-9,14H,5,10-13H2,1-2H3. The van der Waals surface area contributed by atoms with Gasteiger partial charge in [-0.15, -0.1) is 0 Å². The minimum Gasteiger partial charge on any atom is -0.486 e. The van der Waals surface area contributed by atoms with E-state index in [1.165, 1.54) is 43.1 Å². The molecule has 3 rings (SSSR count). The van der Waals surface area contributed by atoms with E-state index in [2.05, 4.69) is 4.98 Å². The van der Waals surface area contributed by atoms with Crippen LogP contribution in [0.2, 0.25) is 0 Å². The van der Waals surface area contributed by atoms with Crippen LogP contribution in [0.3, 0.4) is 0 Å². The molecule has 0 amide bonds. The number of ether oxygens (including phenoxy) is 3. The van der Waals surface area contributed by atoms with Crippen molar-refractivity contribution in [2.45, 2.75) is 18.1 Å². The normalized spacial score (nSPS) is 10.8. The van der Waals surface area contributed by atoms with Crippen molar-refractivity contribution in [2.24, 2.45) is 0 Å². The highest BCUT2D eigenvalue weighted by Gasteiger charge is 2.16. The van der Waals surface area contributed by atoms with Gasteiger partial charge < -0.3 is 14.2 Å². The summed E-state index contributed by atoms with van der Waals surface area (Å²) in [6.07, 6.45) is 0.615. The molecule has 1 aromatic heterocycles. The van der Waals surface area contributed by atoms with Gasteiger partial charge in [-0.25, -0.2) is 9.78 Å². The van der Waals surface area contributed by atoms with Crippen LogP contribution in [-0.2, 0) is 16.0 Å². The van der Waals surface area contributed by atoms with Crippen molar-refractivity contribution in [2.75, 3.05) is 33.2 Å². The van der Waals surface area contributed by atoms with E-state index in [9.17, 15) is 19.7 Å². The zero-order chi connectivity index (χ0) is 23.8. The number of para-hydroxylation sites is 2. The highest BCUT2D eigenvalue weighted by atomic mass is 32.2. The van der Waals surface area contributed by atoms with Crippen molar-refractivity contribution >= 4 is 34.3 Å². The maximum atomic E-state index is 13.1. The summed E-state index contributed by atoms with van der Waals surface area (Å²) in [5.41, 5.74) is 0.338. The van der Waals surface area contributed by atoms with Crippen LogP contribution in [0.15, 0.2) is 52.4 Å². The number of rotatable bonds is 11. The summed E-state index contributed by atoms with van der Waals surface area (Å²) in [5.74, 6) is 0.0510. The SMILES string of the molecule is COCCCn1c(SCCOc2ccccc2[N+](=O)[O-])nc2cc(C(=O)OC)ccc2c1=O. The van der Waals surface area contributed by atoms with Crippen LogP contribution in [0.25, 0.3) is 10.9 Å². The Bertz CT molecular complexity index is 1210. The number of aromatic nitrogens is 2. The summed E-state index contributed by atoms with van der Waals surface area (Å²) in [6, 6.07) is 10.8. The van der Waals surface area contributed by atoms with Crippen LogP contribution in [0.1, 0.15) is 16.8 Å². The lowest BCUT2D eigenvalue weighted by Crippen LogP contribution is -2.24. The molecule has 33 heavy (non-hydrogen) atoms. The van der Waals surface area contributed by atoms with Crippen LogP contribution >= 0.6 is 11.8 Å². The van der Waals surface area contributed by atoms with Gasteiger partial charge in [0.25, 0.3) is 5.56 Å². The number of hydrogen-bond acceptors (Lipinski definition) is 9. The minimum atomic E-state index is -0.518. The second-order valence-corrected chi connectivity index (χ2v) is 7.90. The van der Waals surface area contributed by atoms with E-state index < -0.39 is 10.9 Å². The maximum Gasteiger partial charge on any atom is 0.337 e. The monoisotopic (exact) mass is 473 g/mol. The molecule has 2 aromatic carbocycles. The van der Waals surface area contributed by atoms with Gasteiger partial charge in [-0.05, 0) is 30.7 Å². The van der Waals surface area contributed by atoms with E-state index in [1.54, 1.807) is 29.9 Å². The summed E-state index contributed by atoms with van der Waals surface area (Å²) >= 11 is 1.29. The topological polar surface area (TPSA) is 123 Å². The summed E-state index contributed by atoms with van der Waals surface area (Å²) in [6.45, 7) is 1.06. The molecule has 10 nitrogen and oxygen atoms in total.